The number of rotatable bonds is 5. The van der Waals surface area contributed by atoms with Gasteiger partial charge in [-0.05, 0) is 19.1 Å². The van der Waals surface area contributed by atoms with E-state index in [-0.39, 0.29) is 23.4 Å². The molecule has 1 heterocycles. The molecular formula is C14H11NO5. The lowest BCUT2D eigenvalue weighted by molar-refractivity contribution is -0.385. The number of Topliss-reactive ketones (excluding diaryl/α,β-unsaturated/α-hetero) is 2. The number of hydrogen-bond donors (Lipinski definition) is 0. The third-order valence-corrected chi connectivity index (χ3v) is 2.84. The number of nitro groups is 1. The summed E-state index contributed by atoms with van der Waals surface area (Å²) >= 11 is 0. The van der Waals surface area contributed by atoms with E-state index in [4.69, 9.17) is 4.42 Å². The van der Waals surface area contributed by atoms with Gasteiger partial charge in [0.25, 0.3) is 5.69 Å². The molecule has 0 amide bonds. The largest absolute Gasteiger partial charge is 0.461 e. The molecule has 0 saturated carbocycles. The SMILES string of the molecule is Cc1ccc(C(=O)CC(=O)c2ccco2)cc1[N+](=O)[O-]. The van der Waals surface area contributed by atoms with Crippen molar-refractivity contribution in [2.24, 2.45) is 0 Å². The lowest BCUT2D eigenvalue weighted by Crippen LogP contribution is -2.08. The number of nitro benzene ring substituents is 1. The Bertz CT molecular complexity index is 673. The molecule has 0 radical (unpaired) electrons. The first-order valence-electron chi connectivity index (χ1n) is 5.84. The number of aryl methyl sites for hydroxylation is 1. The van der Waals surface area contributed by atoms with Gasteiger partial charge in [-0.3, -0.25) is 19.7 Å². The topological polar surface area (TPSA) is 90.4 Å². The average Bonchev–Trinajstić information content (AvgIpc) is 2.92. The molecule has 0 aliphatic heterocycles. The van der Waals surface area contributed by atoms with E-state index in [9.17, 15) is 19.7 Å². The van der Waals surface area contributed by atoms with E-state index in [0.29, 0.717) is 5.56 Å². The minimum atomic E-state index is -0.555. The summed E-state index contributed by atoms with van der Waals surface area (Å²) in [4.78, 5) is 33.9. The average molecular weight is 273 g/mol. The van der Waals surface area contributed by atoms with Crippen LogP contribution in [-0.4, -0.2) is 16.5 Å². The van der Waals surface area contributed by atoms with Crippen LogP contribution in [0.25, 0.3) is 0 Å². The molecule has 0 atom stereocenters. The van der Waals surface area contributed by atoms with Gasteiger partial charge >= 0.3 is 0 Å². The van der Waals surface area contributed by atoms with Gasteiger partial charge in [-0.1, -0.05) is 12.1 Å². The Balaban J connectivity index is 2.20. The zero-order valence-corrected chi connectivity index (χ0v) is 10.7. The highest BCUT2D eigenvalue weighted by molar-refractivity contribution is 6.12. The van der Waals surface area contributed by atoms with E-state index >= 15 is 0 Å². The number of carbonyl (C=O) groups is 2. The smallest absolute Gasteiger partial charge is 0.273 e. The number of carbonyl (C=O) groups excluding carboxylic acids is 2. The first kappa shape index (κ1) is 13.7. The Morgan fingerprint density at radius 1 is 1.25 bits per heavy atom. The summed E-state index contributed by atoms with van der Waals surface area (Å²) in [5.74, 6) is -0.835. The molecule has 1 aromatic heterocycles. The Labute approximate surface area is 114 Å². The van der Waals surface area contributed by atoms with Gasteiger partial charge in [-0.15, -0.1) is 0 Å². The van der Waals surface area contributed by atoms with Gasteiger partial charge in [0.15, 0.2) is 11.5 Å². The van der Waals surface area contributed by atoms with E-state index < -0.39 is 16.5 Å². The zero-order valence-electron chi connectivity index (χ0n) is 10.7. The van der Waals surface area contributed by atoms with Crippen molar-refractivity contribution in [3.05, 3.63) is 63.6 Å². The lowest BCUT2D eigenvalue weighted by atomic mass is 10.0. The molecule has 0 unspecified atom stereocenters. The van der Waals surface area contributed by atoms with Crippen LogP contribution in [0.15, 0.2) is 41.0 Å². The number of hydrogen-bond acceptors (Lipinski definition) is 5. The molecule has 0 N–H and O–H groups in total. The van der Waals surface area contributed by atoms with Crippen LogP contribution >= 0.6 is 0 Å². The highest BCUT2D eigenvalue weighted by Gasteiger charge is 2.19. The van der Waals surface area contributed by atoms with Gasteiger partial charge in [-0.2, -0.15) is 0 Å². The van der Waals surface area contributed by atoms with Gasteiger partial charge in [0.05, 0.1) is 17.6 Å². The minimum absolute atomic E-state index is 0.0972. The summed E-state index contributed by atoms with van der Waals surface area (Å²) in [6.45, 7) is 1.58. The normalized spacial score (nSPS) is 10.2. The lowest BCUT2D eigenvalue weighted by Gasteiger charge is -2.02. The van der Waals surface area contributed by atoms with Crippen LogP contribution in [0.4, 0.5) is 5.69 Å². The second kappa shape index (κ2) is 5.48. The van der Waals surface area contributed by atoms with Crippen LogP contribution < -0.4 is 0 Å². The van der Waals surface area contributed by atoms with Crippen LogP contribution in [0.2, 0.25) is 0 Å². The van der Waals surface area contributed by atoms with E-state index in [1.165, 1.54) is 30.5 Å². The maximum atomic E-state index is 12.0. The fourth-order valence-electron chi connectivity index (χ4n) is 1.75. The van der Waals surface area contributed by atoms with E-state index in [1.807, 2.05) is 0 Å². The standard InChI is InChI=1S/C14H11NO5/c1-9-4-5-10(7-11(9)15(18)19)12(16)8-13(17)14-3-2-6-20-14/h2-7H,8H2,1H3. The molecule has 0 spiro atoms. The van der Waals surface area contributed by atoms with Gasteiger partial charge in [0, 0.05) is 17.2 Å². The number of ketones is 2. The molecule has 2 rings (SSSR count). The summed E-state index contributed by atoms with van der Waals surface area (Å²) in [7, 11) is 0. The Morgan fingerprint density at radius 3 is 2.60 bits per heavy atom. The predicted molar refractivity (Wildman–Crippen MR) is 69.8 cm³/mol. The third-order valence-electron chi connectivity index (χ3n) is 2.84. The van der Waals surface area contributed by atoms with Crippen molar-refractivity contribution in [2.45, 2.75) is 13.3 Å². The molecule has 0 bridgehead atoms. The van der Waals surface area contributed by atoms with Crippen LogP contribution in [-0.2, 0) is 0 Å². The molecule has 2 aromatic rings. The molecule has 0 aliphatic rings. The maximum absolute atomic E-state index is 12.0. The zero-order chi connectivity index (χ0) is 14.7. The van der Waals surface area contributed by atoms with E-state index in [0.717, 1.165) is 0 Å². The molecule has 6 heteroatoms. The Kier molecular flexibility index (Phi) is 3.74. The van der Waals surface area contributed by atoms with E-state index in [1.54, 1.807) is 13.0 Å². The van der Waals surface area contributed by atoms with Crippen LogP contribution in [0.1, 0.15) is 32.9 Å². The minimum Gasteiger partial charge on any atom is -0.461 e. The van der Waals surface area contributed by atoms with Crippen molar-refractivity contribution < 1.29 is 18.9 Å². The van der Waals surface area contributed by atoms with Crippen molar-refractivity contribution >= 4 is 17.3 Å². The maximum Gasteiger partial charge on any atom is 0.273 e. The number of nitrogens with zero attached hydrogens (tertiary/aromatic N) is 1. The highest BCUT2D eigenvalue weighted by atomic mass is 16.6. The van der Waals surface area contributed by atoms with Crippen molar-refractivity contribution in [3.8, 4) is 0 Å². The highest BCUT2D eigenvalue weighted by Crippen LogP contribution is 2.20. The first-order valence-corrected chi connectivity index (χ1v) is 5.84. The molecule has 0 fully saturated rings. The summed E-state index contributed by atoms with van der Waals surface area (Å²) in [5.41, 5.74) is 0.465. The quantitative estimate of drug-likeness (QED) is 0.361. The summed E-state index contributed by atoms with van der Waals surface area (Å²) in [6.07, 6.45) is 0.960. The van der Waals surface area contributed by atoms with Crippen molar-refractivity contribution in [3.63, 3.8) is 0 Å². The second-order valence-corrected chi connectivity index (χ2v) is 4.26. The summed E-state index contributed by atoms with van der Waals surface area (Å²) in [6, 6.07) is 7.16. The van der Waals surface area contributed by atoms with Gasteiger partial charge in [0.2, 0.25) is 5.78 Å². The fourth-order valence-corrected chi connectivity index (χ4v) is 1.75. The molecule has 0 aliphatic carbocycles. The number of furan rings is 1. The third kappa shape index (κ3) is 2.80. The molecule has 0 saturated heterocycles. The van der Waals surface area contributed by atoms with Crippen molar-refractivity contribution in [1.29, 1.82) is 0 Å². The first-order chi connectivity index (χ1) is 9.49. The van der Waals surface area contributed by atoms with Crippen molar-refractivity contribution in [2.75, 3.05) is 0 Å². The fraction of sp³-hybridized carbons (Fsp3) is 0.143. The van der Waals surface area contributed by atoms with Crippen molar-refractivity contribution in [1.82, 2.24) is 0 Å². The number of benzene rings is 1. The Morgan fingerprint density at radius 2 is 2.00 bits per heavy atom. The predicted octanol–water partition coefficient (Wildman–Crippen LogP) is 2.95. The monoisotopic (exact) mass is 273 g/mol. The van der Waals surface area contributed by atoms with Gasteiger partial charge in [-0.25, -0.2) is 0 Å². The van der Waals surface area contributed by atoms with Crippen LogP contribution in [0.5, 0.6) is 0 Å². The van der Waals surface area contributed by atoms with Crippen LogP contribution in [0.3, 0.4) is 0 Å². The molecular weight excluding hydrogens is 262 g/mol. The summed E-state index contributed by atoms with van der Waals surface area (Å²) < 4.78 is 4.90. The van der Waals surface area contributed by atoms with Gasteiger partial charge < -0.3 is 4.42 Å². The molecule has 20 heavy (non-hydrogen) atoms. The van der Waals surface area contributed by atoms with Gasteiger partial charge in [0.1, 0.15) is 0 Å². The molecule has 6 nitrogen and oxygen atoms in total. The second-order valence-electron chi connectivity index (χ2n) is 4.26. The van der Waals surface area contributed by atoms with E-state index in [2.05, 4.69) is 0 Å². The Hall–Kier alpha value is -2.76. The van der Waals surface area contributed by atoms with Crippen LogP contribution in [0, 0.1) is 17.0 Å². The molecule has 1 aromatic carbocycles. The molecule has 102 valence electrons. The summed E-state index contributed by atoms with van der Waals surface area (Å²) in [5, 5.41) is 10.8.